The van der Waals surface area contributed by atoms with Crippen LogP contribution < -0.4 is 0 Å². The molecular weight excluding hydrogens is 530 g/mol. The van der Waals surface area contributed by atoms with Crippen molar-refractivity contribution in [3.8, 4) is 0 Å². The fourth-order valence-corrected chi connectivity index (χ4v) is 4.37. The second-order valence-corrected chi connectivity index (χ2v) is 8.86. The lowest BCUT2D eigenvalue weighted by atomic mass is 9.91. The molecule has 0 aromatic carbocycles. The van der Waals surface area contributed by atoms with Crippen LogP contribution in [0, 0.1) is 11.8 Å². The molecule has 3 fully saturated rings. The van der Waals surface area contributed by atoms with Crippen LogP contribution in [0.2, 0.25) is 0 Å². The molecule has 0 bridgehead atoms. The van der Waals surface area contributed by atoms with E-state index >= 15 is 0 Å². The zero-order valence-corrected chi connectivity index (χ0v) is 20.3. The number of aliphatic carboxylic acids is 2. The molecule has 3 atom stereocenters. The van der Waals surface area contributed by atoms with Crippen molar-refractivity contribution in [2.24, 2.45) is 11.8 Å². The summed E-state index contributed by atoms with van der Waals surface area (Å²) in [6, 6.07) is 6.65. The van der Waals surface area contributed by atoms with Gasteiger partial charge >= 0.3 is 24.3 Å². The quantitative estimate of drug-likeness (QED) is 0.399. The van der Waals surface area contributed by atoms with Crippen LogP contribution in [-0.4, -0.2) is 96.1 Å². The number of hydrogen-bond acceptors (Lipinski definition) is 7. The topological polar surface area (TPSA) is 118 Å². The molecule has 0 radical (unpaired) electrons. The Hall–Kier alpha value is -2.49. The number of carboxylic acids is 2. The number of rotatable bonds is 6. The van der Waals surface area contributed by atoms with E-state index in [0.717, 1.165) is 45.1 Å². The van der Waals surface area contributed by atoms with Crippen molar-refractivity contribution >= 4 is 11.9 Å². The molecule has 9 nitrogen and oxygen atoms in total. The van der Waals surface area contributed by atoms with Crippen molar-refractivity contribution in [1.29, 1.82) is 0 Å². The smallest absolute Gasteiger partial charge is 0.475 e. The lowest BCUT2D eigenvalue weighted by Gasteiger charge is -2.31. The van der Waals surface area contributed by atoms with Crippen molar-refractivity contribution in [3.05, 3.63) is 30.1 Å². The van der Waals surface area contributed by atoms with Crippen molar-refractivity contribution in [1.82, 2.24) is 9.88 Å². The number of hydrogen-bond donors (Lipinski definition) is 2. The Labute approximate surface area is 214 Å². The summed E-state index contributed by atoms with van der Waals surface area (Å²) in [6.45, 7) is 6.46. The third-order valence-electron chi connectivity index (χ3n) is 6.27. The highest BCUT2D eigenvalue weighted by atomic mass is 19.4. The van der Waals surface area contributed by atoms with Gasteiger partial charge in [-0.05, 0) is 37.3 Å². The molecule has 216 valence electrons. The van der Waals surface area contributed by atoms with Gasteiger partial charge in [0, 0.05) is 51.1 Å². The van der Waals surface area contributed by atoms with E-state index in [1.165, 1.54) is 19.4 Å². The average Bonchev–Trinajstić information content (AvgIpc) is 3.44. The fraction of sp³-hybridized carbons (Fsp3) is 0.696. The Morgan fingerprint density at radius 1 is 1.03 bits per heavy atom. The Balaban J connectivity index is 0.000000301. The molecule has 0 unspecified atom stereocenters. The van der Waals surface area contributed by atoms with E-state index in [1.807, 2.05) is 24.4 Å². The number of alkyl halides is 6. The second-order valence-electron chi connectivity index (χ2n) is 8.86. The van der Waals surface area contributed by atoms with E-state index in [9.17, 15) is 26.3 Å². The molecule has 38 heavy (non-hydrogen) atoms. The van der Waals surface area contributed by atoms with Crippen LogP contribution in [0.25, 0.3) is 0 Å². The van der Waals surface area contributed by atoms with Gasteiger partial charge in [-0.2, -0.15) is 26.3 Å². The summed E-state index contributed by atoms with van der Waals surface area (Å²) in [5, 5.41) is 14.2. The van der Waals surface area contributed by atoms with E-state index < -0.39 is 24.3 Å². The summed E-state index contributed by atoms with van der Waals surface area (Å²) in [6.07, 6.45) is -4.46. The Kier molecular flexibility index (Phi) is 12.2. The zero-order valence-electron chi connectivity index (χ0n) is 20.3. The fourth-order valence-electron chi connectivity index (χ4n) is 4.37. The van der Waals surface area contributed by atoms with Crippen LogP contribution >= 0.6 is 0 Å². The minimum absolute atomic E-state index is 0.439. The van der Waals surface area contributed by atoms with E-state index in [1.54, 1.807) is 0 Å². The standard InChI is InChI=1S/C19H28N2O3.2C2HF3O2/c1-2-7-20-16(3-1)14-23-8-4-15-13-24-19-12-21(11-18(15)19)17-5-9-22-10-6-17;2*3-2(4,5)1(6)7/h1-3,7,15,17-19H,4-6,8-14H2;2*(H,6,7)/t15-,18-,19-;;/m0../s1. The Bertz CT molecular complexity index is 842. The summed E-state index contributed by atoms with van der Waals surface area (Å²) >= 11 is 0. The van der Waals surface area contributed by atoms with Crippen LogP contribution in [0.3, 0.4) is 0 Å². The van der Waals surface area contributed by atoms with Crippen molar-refractivity contribution in [3.63, 3.8) is 0 Å². The highest BCUT2D eigenvalue weighted by molar-refractivity contribution is 5.73. The summed E-state index contributed by atoms with van der Waals surface area (Å²) in [5.74, 6) is -4.19. The van der Waals surface area contributed by atoms with Gasteiger partial charge in [0.2, 0.25) is 0 Å². The number of aromatic nitrogens is 1. The summed E-state index contributed by atoms with van der Waals surface area (Å²) in [7, 11) is 0. The van der Waals surface area contributed by atoms with Gasteiger partial charge in [0.15, 0.2) is 0 Å². The van der Waals surface area contributed by atoms with Crippen LogP contribution in [0.1, 0.15) is 25.0 Å². The molecule has 1 aromatic heterocycles. The third-order valence-corrected chi connectivity index (χ3v) is 6.27. The number of carbonyl (C=O) groups is 2. The van der Waals surface area contributed by atoms with Crippen LogP contribution in [0.5, 0.6) is 0 Å². The highest BCUT2D eigenvalue weighted by Crippen LogP contribution is 2.37. The normalized spacial score (nSPS) is 24.0. The summed E-state index contributed by atoms with van der Waals surface area (Å²) in [5.41, 5.74) is 1.00. The third kappa shape index (κ3) is 10.7. The molecule has 3 saturated heterocycles. The maximum absolute atomic E-state index is 10.6. The first-order chi connectivity index (χ1) is 17.8. The van der Waals surface area contributed by atoms with Crippen LogP contribution in [-0.2, 0) is 30.4 Å². The van der Waals surface area contributed by atoms with Gasteiger partial charge in [0.1, 0.15) is 0 Å². The zero-order chi connectivity index (χ0) is 28.3. The number of halogens is 6. The lowest BCUT2D eigenvalue weighted by Crippen LogP contribution is -2.39. The Morgan fingerprint density at radius 2 is 1.63 bits per heavy atom. The van der Waals surface area contributed by atoms with E-state index in [0.29, 0.717) is 30.6 Å². The maximum Gasteiger partial charge on any atom is 0.490 e. The molecule has 4 rings (SSSR count). The minimum atomic E-state index is -5.08. The van der Waals surface area contributed by atoms with Gasteiger partial charge in [-0.15, -0.1) is 0 Å². The largest absolute Gasteiger partial charge is 0.490 e. The molecule has 15 heteroatoms. The lowest BCUT2D eigenvalue weighted by molar-refractivity contribution is -0.193. The van der Waals surface area contributed by atoms with E-state index in [4.69, 9.17) is 34.0 Å². The van der Waals surface area contributed by atoms with E-state index in [2.05, 4.69) is 9.88 Å². The first-order valence-corrected chi connectivity index (χ1v) is 11.8. The highest BCUT2D eigenvalue weighted by Gasteiger charge is 2.45. The van der Waals surface area contributed by atoms with Gasteiger partial charge < -0.3 is 24.4 Å². The average molecular weight is 560 g/mol. The molecular formula is C23H30F6N2O7. The van der Waals surface area contributed by atoms with Gasteiger partial charge in [-0.25, -0.2) is 9.59 Å². The minimum Gasteiger partial charge on any atom is -0.475 e. The van der Waals surface area contributed by atoms with Crippen LogP contribution in [0.15, 0.2) is 24.4 Å². The number of ether oxygens (including phenoxy) is 3. The van der Waals surface area contributed by atoms with Gasteiger partial charge in [-0.1, -0.05) is 6.07 Å². The first kappa shape index (κ1) is 31.7. The number of pyridine rings is 1. The van der Waals surface area contributed by atoms with Gasteiger partial charge in [0.25, 0.3) is 0 Å². The number of likely N-dealkylation sites (tertiary alicyclic amines) is 1. The number of carboxylic acid groups (broad SMARTS) is 2. The molecule has 0 aliphatic carbocycles. The van der Waals surface area contributed by atoms with Crippen LogP contribution in [0.4, 0.5) is 26.3 Å². The SMILES string of the molecule is O=C(O)C(F)(F)F.O=C(O)C(F)(F)F.c1ccc(COCC[C@H]2CO[C@H]3CN(C4CCOCC4)C[C@@H]23)nc1. The summed E-state index contributed by atoms with van der Waals surface area (Å²) in [4.78, 5) is 24.7. The number of fused-ring (bicyclic) bond motifs is 1. The molecule has 4 heterocycles. The first-order valence-electron chi connectivity index (χ1n) is 11.8. The van der Waals surface area contributed by atoms with Crippen molar-refractivity contribution in [2.75, 3.05) is 39.5 Å². The van der Waals surface area contributed by atoms with Crippen molar-refractivity contribution < 1.29 is 60.4 Å². The molecule has 0 saturated carbocycles. The molecule has 3 aliphatic rings. The maximum atomic E-state index is 10.6. The molecule has 2 N–H and O–H groups in total. The molecule has 1 aromatic rings. The second kappa shape index (κ2) is 14.6. The van der Waals surface area contributed by atoms with E-state index in [-0.39, 0.29) is 0 Å². The van der Waals surface area contributed by atoms with Crippen molar-refractivity contribution in [2.45, 2.75) is 50.4 Å². The number of nitrogens with zero attached hydrogens (tertiary/aromatic N) is 2. The molecule has 3 aliphatic heterocycles. The Morgan fingerprint density at radius 3 is 2.16 bits per heavy atom. The monoisotopic (exact) mass is 560 g/mol. The molecule has 0 spiro atoms. The van der Waals surface area contributed by atoms with Gasteiger partial charge in [0.05, 0.1) is 25.0 Å². The predicted molar refractivity (Wildman–Crippen MR) is 118 cm³/mol. The summed E-state index contributed by atoms with van der Waals surface area (Å²) < 4.78 is 80.9. The van der Waals surface area contributed by atoms with Gasteiger partial charge in [-0.3, -0.25) is 9.88 Å². The molecule has 0 amide bonds. The predicted octanol–water partition coefficient (Wildman–Crippen LogP) is 3.38.